The summed E-state index contributed by atoms with van der Waals surface area (Å²) in [5.74, 6) is -0.865. The van der Waals surface area contributed by atoms with Gasteiger partial charge in [-0.1, -0.05) is 6.07 Å². The molecule has 4 rings (SSSR count). The lowest BCUT2D eigenvalue weighted by Gasteiger charge is -2.32. The number of carbonyl (C=O) groups is 2. The minimum Gasteiger partial charge on any atom is -0.481 e. The molecule has 2 aliphatic rings. The average Bonchev–Trinajstić information content (AvgIpc) is 3.09. The topological polar surface area (TPSA) is 73.4 Å². The Kier molecular flexibility index (Phi) is 3.24. The summed E-state index contributed by atoms with van der Waals surface area (Å²) in [6.45, 7) is 5.44. The molecule has 2 heterocycles. The highest BCUT2D eigenvalue weighted by Crippen LogP contribution is 2.59. The summed E-state index contributed by atoms with van der Waals surface area (Å²) in [6.07, 6.45) is 2.37. The van der Waals surface area contributed by atoms with E-state index in [9.17, 15) is 9.59 Å². The van der Waals surface area contributed by atoms with Gasteiger partial charge in [-0.25, -0.2) is 0 Å². The van der Waals surface area contributed by atoms with Gasteiger partial charge in [-0.2, -0.15) is 0 Å². The quantitative estimate of drug-likeness (QED) is 0.890. The van der Waals surface area contributed by atoms with Gasteiger partial charge in [0.1, 0.15) is 5.69 Å². The Morgan fingerprint density at radius 2 is 1.96 bits per heavy atom. The number of likely N-dealkylation sites (tertiary alicyclic amines) is 1. The molecule has 24 heavy (non-hydrogen) atoms. The lowest BCUT2D eigenvalue weighted by atomic mass is 9.90. The van der Waals surface area contributed by atoms with Crippen molar-refractivity contribution in [2.75, 3.05) is 13.1 Å². The first-order chi connectivity index (χ1) is 11.4. The van der Waals surface area contributed by atoms with Crippen LogP contribution in [0.1, 0.15) is 40.9 Å². The second-order valence-corrected chi connectivity index (χ2v) is 7.40. The van der Waals surface area contributed by atoms with Crippen LogP contribution in [0.3, 0.4) is 0 Å². The fourth-order valence-electron chi connectivity index (χ4n) is 4.15. The molecule has 1 saturated heterocycles. The molecule has 1 aromatic heterocycles. The van der Waals surface area contributed by atoms with Crippen molar-refractivity contribution >= 4 is 22.8 Å². The molecule has 2 N–H and O–H groups in total. The number of piperidine rings is 1. The van der Waals surface area contributed by atoms with E-state index >= 15 is 0 Å². The van der Waals surface area contributed by atoms with E-state index in [0.29, 0.717) is 18.8 Å². The summed E-state index contributed by atoms with van der Waals surface area (Å²) in [7, 11) is 0. The number of aryl methyl sites for hydroxylation is 2. The van der Waals surface area contributed by atoms with Gasteiger partial charge in [0.15, 0.2) is 0 Å². The van der Waals surface area contributed by atoms with Crippen LogP contribution in [-0.2, 0) is 4.79 Å². The first kappa shape index (κ1) is 15.2. The van der Waals surface area contributed by atoms with Crippen molar-refractivity contribution < 1.29 is 14.7 Å². The van der Waals surface area contributed by atoms with Crippen LogP contribution in [0.4, 0.5) is 0 Å². The van der Waals surface area contributed by atoms with Crippen LogP contribution in [0.15, 0.2) is 18.2 Å². The highest BCUT2D eigenvalue weighted by Gasteiger charge is 2.59. The summed E-state index contributed by atoms with van der Waals surface area (Å²) < 4.78 is 0. The molecule has 1 spiro atoms. The highest BCUT2D eigenvalue weighted by atomic mass is 16.4. The Morgan fingerprint density at radius 1 is 1.25 bits per heavy atom. The van der Waals surface area contributed by atoms with Crippen molar-refractivity contribution in [1.82, 2.24) is 9.88 Å². The van der Waals surface area contributed by atoms with Crippen molar-refractivity contribution in [3.8, 4) is 0 Å². The number of hydrogen-bond donors (Lipinski definition) is 2. The van der Waals surface area contributed by atoms with Crippen LogP contribution in [0.25, 0.3) is 10.9 Å². The molecule has 1 aromatic carbocycles. The number of rotatable bonds is 2. The maximum atomic E-state index is 12.8. The number of hydrogen-bond acceptors (Lipinski definition) is 2. The number of nitrogens with one attached hydrogen (secondary N) is 1. The van der Waals surface area contributed by atoms with E-state index in [1.807, 2.05) is 17.0 Å². The van der Waals surface area contributed by atoms with Gasteiger partial charge in [0.05, 0.1) is 5.92 Å². The van der Waals surface area contributed by atoms with Crippen molar-refractivity contribution in [3.63, 3.8) is 0 Å². The van der Waals surface area contributed by atoms with Crippen LogP contribution < -0.4 is 0 Å². The van der Waals surface area contributed by atoms with Crippen LogP contribution in [0.2, 0.25) is 0 Å². The predicted molar refractivity (Wildman–Crippen MR) is 91.1 cm³/mol. The van der Waals surface area contributed by atoms with Gasteiger partial charge < -0.3 is 15.0 Å². The molecule has 0 radical (unpaired) electrons. The third kappa shape index (κ3) is 2.22. The Morgan fingerprint density at radius 3 is 2.58 bits per heavy atom. The van der Waals surface area contributed by atoms with E-state index in [0.717, 1.165) is 30.2 Å². The van der Waals surface area contributed by atoms with Gasteiger partial charge in [0.25, 0.3) is 5.91 Å². The molecule has 1 saturated carbocycles. The Labute approximate surface area is 140 Å². The molecule has 1 amide bonds. The molecule has 1 atom stereocenters. The fraction of sp³-hybridized carbons (Fsp3) is 0.474. The number of amides is 1. The van der Waals surface area contributed by atoms with Crippen LogP contribution in [0, 0.1) is 25.2 Å². The monoisotopic (exact) mass is 326 g/mol. The first-order valence-electron chi connectivity index (χ1n) is 8.52. The number of carboxylic acids is 1. The molecule has 1 aliphatic heterocycles. The van der Waals surface area contributed by atoms with Crippen molar-refractivity contribution in [2.24, 2.45) is 11.3 Å². The van der Waals surface area contributed by atoms with Crippen molar-refractivity contribution in [2.45, 2.75) is 33.1 Å². The molecule has 1 unspecified atom stereocenters. The lowest BCUT2D eigenvalue weighted by Crippen LogP contribution is -2.40. The molecule has 2 aromatic rings. The summed E-state index contributed by atoms with van der Waals surface area (Å²) >= 11 is 0. The highest BCUT2D eigenvalue weighted by molar-refractivity contribution is 5.99. The normalized spacial score (nSPS) is 22.1. The smallest absolute Gasteiger partial charge is 0.307 e. The number of fused-ring (bicyclic) bond motifs is 1. The molecule has 126 valence electrons. The molecule has 1 aliphatic carbocycles. The van der Waals surface area contributed by atoms with E-state index in [4.69, 9.17) is 5.11 Å². The van der Waals surface area contributed by atoms with Crippen LogP contribution in [-0.4, -0.2) is 40.0 Å². The van der Waals surface area contributed by atoms with Gasteiger partial charge in [0.2, 0.25) is 0 Å². The maximum absolute atomic E-state index is 12.8. The minimum absolute atomic E-state index is 0.0191. The standard InChI is InChI=1S/C19H22N2O3/c1-11-3-4-15-13(12(11)2)9-16(20-15)17(22)21-7-5-19(6-8-21)10-14(19)18(23)24/h3-4,9,14,20H,5-8,10H2,1-2H3,(H,23,24). The Hall–Kier alpha value is -2.30. The average molecular weight is 326 g/mol. The van der Waals surface area contributed by atoms with Gasteiger partial charge in [0, 0.05) is 24.0 Å². The third-order valence-corrected chi connectivity index (χ3v) is 6.11. The maximum Gasteiger partial charge on any atom is 0.307 e. The van der Waals surface area contributed by atoms with E-state index in [1.165, 1.54) is 11.1 Å². The number of carbonyl (C=O) groups excluding carboxylic acids is 1. The van der Waals surface area contributed by atoms with Gasteiger partial charge in [-0.05, 0) is 61.8 Å². The van der Waals surface area contributed by atoms with Gasteiger partial charge in [-0.15, -0.1) is 0 Å². The number of carboxylic acid groups (broad SMARTS) is 1. The zero-order valence-corrected chi connectivity index (χ0v) is 14.1. The third-order valence-electron chi connectivity index (χ3n) is 6.11. The zero-order valence-electron chi connectivity index (χ0n) is 14.1. The van der Waals surface area contributed by atoms with E-state index in [1.54, 1.807) is 0 Å². The Bertz CT molecular complexity index is 844. The molecular weight excluding hydrogens is 304 g/mol. The number of nitrogens with zero attached hydrogens (tertiary/aromatic N) is 1. The molecule has 5 nitrogen and oxygen atoms in total. The summed E-state index contributed by atoms with van der Waals surface area (Å²) in [6, 6.07) is 6.02. The van der Waals surface area contributed by atoms with E-state index in [-0.39, 0.29) is 17.2 Å². The Balaban J connectivity index is 1.51. The molecular formula is C19H22N2O3. The summed E-state index contributed by atoms with van der Waals surface area (Å²) in [4.78, 5) is 29.0. The minimum atomic E-state index is -0.684. The van der Waals surface area contributed by atoms with Crippen LogP contribution in [0.5, 0.6) is 0 Å². The van der Waals surface area contributed by atoms with Crippen molar-refractivity contribution in [1.29, 1.82) is 0 Å². The second-order valence-electron chi connectivity index (χ2n) is 7.40. The van der Waals surface area contributed by atoms with Gasteiger partial charge in [-0.3, -0.25) is 9.59 Å². The number of aromatic nitrogens is 1. The van der Waals surface area contributed by atoms with Crippen molar-refractivity contribution in [3.05, 3.63) is 35.0 Å². The molecule has 0 bridgehead atoms. The predicted octanol–water partition coefficient (Wildman–Crippen LogP) is 3.11. The van der Waals surface area contributed by atoms with Crippen LogP contribution >= 0.6 is 0 Å². The van der Waals surface area contributed by atoms with E-state index in [2.05, 4.69) is 24.9 Å². The number of H-pyrrole nitrogens is 1. The largest absolute Gasteiger partial charge is 0.481 e. The second kappa shape index (κ2) is 5.10. The lowest BCUT2D eigenvalue weighted by molar-refractivity contribution is -0.139. The molecule has 5 heteroatoms. The first-order valence-corrected chi connectivity index (χ1v) is 8.52. The summed E-state index contributed by atoms with van der Waals surface area (Å²) in [5, 5.41) is 10.3. The zero-order chi connectivity index (χ0) is 17.1. The number of benzene rings is 1. The molecule has 2 fully saturated rings. The number of aromatic amines is 1. The van der Waals surface area contributed by atoms with Gasteiger partial charge >= 0.3 is 5.97 Å². The SMILES string of the molecule is Cc1ccc2[nH]c(C(=O)N3CCC4(CC3)CC4C(=O)O)cc2c1C. The summed E-state index contributed by atoms with van der Waals surface area (Å²) in [5.41, 5.74) is 3.98. The fourth-order valence-corrected chi connectivity index (χ4v) is 4.15. The number of aliphatic carboxylic acids is 1. The van der Waals surface area contributed by atoms with E-state index < -0.39 is 5.97 Å².